The Morgan fingerprint density at radius 1 is 0.818 bits per heavy atom. The Morgan fingerprint density at radius 2 is 1.55 bits per heavy atom. The van der Waals surface area contributed by atoms with Crippen LogP contribution in [0.1, 0.15) is 0 Å². The molecule has 0 aliphatic rings. The maximum Gasteiger partial charge on any atom is 0.282 e. The van der Waals surface area contributed by atoms with Gasteiger partial charge in [-0.25, -0.2) is 4.98 Å². The first-order chi connectivity index (χ1) is 10.8. The van der Waals surface area contributed by atoms with Crippen molar-refractivity contribution in [2.24, 2.45) is 0 Å². The molecule has 0 radical (unpaired) electrons. The summed E-state index contributed by atoms with van der Waals surface area (Å²) in [5.74, 6) is 0. The Labute approximate surface area is 131 Å². The van der Waals surface area contributed by atoms with E-state index >= 15 is 0 Å². The van der Waals surface area contributed by atoms with Crippen molar-refractivity contribution >= 4 is 33.4 Å². The van der Waals surface area contributed by atoms with E-state index in [-0.39, 0.29) is 5.56 Å². The van der Waals surface area contributed by atoms with E-state index < -0.39 is 0 Å². The molecule has 0 saturated carbocycles. The van der Waals surface area contributed by atoms with Crippen LogP contribution < -0.4 is 5.56 Å². The van der Waals surface area contributed by atoms with Gasteiger partial charge in [0.15, 0.2) is 0 Å². The van der Waals surface area contributed by atoms with Crippen LogP contribution in [0.25, 0.3) is 27.5 Å². The molecular formula is C18H11ClN2O. The fourth-order valence-corrected chi connectivity index (χ4v) is 2.91. The van der Waals surface area contributed by atoms with Gasteiger partial charge in [0.25, 0.3) is 5.56 Å². The summed E-state index contributed by atoms with van der Waals surface area (Å²) < 4.78 is 1.68. The summed E-state index contributed by atoms with van der Waals surface area (Å²) in [7, 11) is 0. The quantitative estimate of drug-likeness (QED) is 0.390. The summed E-state index contributed by atoms with van der Waals surface area (Å²) in [6.07, 6.45) is 0. The van der Waals surface area contributed by atoms with Crippen LogP contribution in [-0.4, -0.2) is 9.55 Å². The molecule has 2 heterocycles. The van der Waals surface area contributed by atoms with Gasteiger partial charge in [-0.2, -0.15) is 0 Å². The topological polar surface area (TPSA) is 34.9 Å². The van der Waals surface area contributed by atoms with Crippen molar-refractivity contribution in [2.45, 2.75) is 0 Å². The van der Waals surface area contributed by atoms with E-state index in [2.05, 4.69) is 4.98 Å². The Hall–Kier alpha value is -2.65. The fraction of sp³-hybridized carbons (Fsp3) is 0. The monoisotopic (exact) mass is 306 g/mol. The molecule has 4 aromatic rings. The molecule has 22 heavy (non-hydrogen) atoms. The zero-order valence-electron chi connectivity index (χ0n) is 11.5. The Bertz CT molecular complexity index is 1060. The predicted octanol–water partition coefficient (Wildman–Crippen LogP) is 4.19. The largest absolute Gasteiger partial charge is 0.282 e. The average molecular weight is 307 g/mol. The first-order valence-electron chi connectivity index (χ1n) is 6.91. The molecule has 4 heteroatoms. The van der Waals surface area contributed by atoms with E-state index in [0.29, 0.717) is 10.7 Å². The molecule has 0 N–H and O–H groups in total. The Morgan fingerprint density at radius 3 is 2.36 bits per heavy atom. The number of halogens is 1. The van der Waals surface area contributed by atoms with Gasteiger partial charge in [-0.3, -0.25) is 9.36 Å². The number of aromatic nitrogens is 2. The Kier molecular flexibility index (Phi) is 2.94. The third-order valence-corrected chi connectivity index (χ3v) is 3.93. The molecule has 0 atom stereocenters. The molecule has 0 amide bonds. The lowest BCUT2D eigenvalue weighted by Gasteiger charge is -2.12. The molecule has 2 aromatic carbocycles. The smallest absolute Gasteiger partial charge is 0.275 e. The SMILES string of the molecule is O=c1c2nc(Cl)ccc2c2ccccc2n1-c1ccccc1. The zero-order chi connectivity index (χ0) is 15.1. The van der Waals surface area contributed by atoms with E-state index in [1.807, 2.05) is 60.7 Å². The zero-order valence-corrected chi connectivity index (χ0v) is 12.3. The Balaban J connectivity index is 2.28. The molecule has 0 fully saturated rings. The van der Waals surface area contributed by atoms with Crippen LogP contribution in [0.5, 0.6) is 0 Å². The average Bonchev–Trinajstić information content (AvgIpc) is 2.56. The third-order valence-electron chi connectivity index (χ3n) is 3.72. The highest BCUT2D eigenvalue weighted by Crippen LogP contribution is 2.24. The maximum atomic E-state index is 12.9. The number of para-hydroxylation sites is 2. The van der Waals surface area contributed by atoms with Crippen LogP contribution in [0.15, 0.2) is 71.5 Å². The maximum absolute atomic E-state index is 12.9. The van der Waals surface area contributed by atoms with Crippen LogP contribution in [0.4, 0.5) is 0 Å². The van der Waals surface area contributed by atoms with E-state index in [4.69, 9.17) is 11.6 Å². The molecule has 2 aromatic heterocycles. The van der Waals surface area contributed by atoms with E-state index in [1.54, 1.807) is 10.6 Å². The van der Waals surface area contributed by atoms with Gasteiger partial charge in [0.05, 0.1) is 5.52 Å². The fourth-order valence-electron chi connectivity index (χ4n) is 2.76. The van der Waals surface area contributed by atoms with Crippen LogP contribution in [0, 0.1) is 0 Å². The van der Waals surface area contributed by atoms with Crippen molar-refractivity contribution < 1.29 is 0 Å². The van der Waals surface area contributed by atoms with E-state index in [9.17, 15) is 4.79 Å². The molecule has 0 spiro atoms. The lowest BCUT2D eigenvalue weighted by Crippen LogP contribution is -2.20. The van der Waals surface area contributed by atoms with Gasteiger partial charge in [-0.15, -0.1) is 0 Å². The van der Waals surface area contributed by atoms with Crippen LogP contribution in [0.2, 0.25) is 5.15 Å². The molecule has 0 aliphatic heterocycles. The number of rotatable bonds is 1. The first kappa shape index (κ1) is 13.0. The summed E-state index contributed by atoms with van der Waals surface area (Å²) in [5, 5.41) is 2.11. The highest BCUT2D eigenvalue weighted by atomic mass is 35.5. The minimum atomic E-state index is -0.164. The third kappa shape index (κ3) is 1.90. The standard InChI is InChI=1S/C18H11ClN2O/c19-16-11-10-14-13-8-4-5-9-15(13)21(18(22)17(14)20-16)12-6-2-1-3-7-12/h1-11H. The van der Waals surface area contributed by atoms with Crippen molar-refractivity contribution in [1.82, 2.24) is 9.55 Å². The molecular weight excluding hydrogens is 296 g/mol. The minimum absolute atomic E-state index is 0.164. The summed E-state index contributed by atoms with van der Waals surface area (Å²) >= 11 is 5.98. The van der Waals surface area contributed by atoms with Gasteiger partial charge in [0.1, 0.15) is 10.7 Å². The number of hydrogen-bond acceptors (Lipinski definition) is 2. The second-order valence-electron chi connectivity index (χ2n) is 5.02. The van der Waals surface area contributed by atoms with Crippen molar-refractivity contribution in [3.8, 4) is 5.69 Å². The van der Waals surface area contributed by atoms with Crippen LogP contribution in [0.3, 0.4) is 0 Å². The number of hydrogen-bond donors (Lipinski definition) is 0. The van der Waals surface area contributed by atoms with Gasteiger partial charge in [0.2, 0.25) is 0 Å². The molecule has 0 aliphatic carbocycles. The normalized spacial score (nSPS) is 11.1. The number of nitrogens with zero attached hydrogens (tertiary/aromatic N) is 2. The van der Waals surface area contributed by atoms with Gasteiger partial charge < -0.3 is 0 Å². The summed E-state index contributed by atoms with van der Waals surface area (Å²) in [6.45, 7) is 0. The second kappa shape index (κ2) is 4.97. The van der Waals surface area contributed by atoms with Crippen molar-refractivity contribution in [3.05, 3.63) is 82.2 Å². The lowest BCUT2D eigenvalue weighted by atomic mass is 10.1. The van der Waals surface area contributed by atoms with Crippen LogP contribution >= 0.6 is 11.6 Å². The molecule has 106 valence electrons. The lowest BCUT2D eigenvalue weighted by molar-refractivity contribution is 1.05. The molecule has 4 rings (SSSR count). The summed E-state index contributed by atoms with van der Waals surface area (Å²) in [5.41, 5.74) is 1.89. The predicted molar refractivity (Wildman–Crippen MR) is 89.9 cm³/mol. The second-order valence-corrected chi connectivity index (χ2v) is 5.41. The van der Waals surface area contributed by atoms with Crippen LogP contribution in [-0.2, 0) is 0 Å². The summed E-state index contributed by atoms with van der Waals surface area (Å²) in [4.78, 5) is 17.2. The van der Waals surface area contributed by atoms with Gasteiger partial charge >= 0.3 is 0 Å². The van der Waals surface area contributed by atoms with Crippen molar-refractivity contribution in [3.63, 3.8) is 0 Å². The first-order valence-corrected chi connectivity index (χ1v) is 7.29. The number of benzene rings is 2. The number of pyridine rings is 2. The molecule has 0 bridgehead atoms. The highest BCUT2D eigenvalue weighted by molar-refractivity contribution is 6.30. The highest BCUT2D eigenvalue weighted by Gasteiger charge is 2.13. The molecule has 3 nitrogen and oxygen atoms in total. The summed E-state index contributed by atoms with van der Waals surface area (Å²) in [6, 6.07) is 20.9. The van der Waals surface area contributed by atoms with Crippen molar-refractivity contribution in [1.29, 1.82) is 0 Å². The van der Waals surface area contributed by atoms with Gasteiger partial charge in [-0.1, -0.05) is 48.0 Å². The van der Waals surface area contributed by atoms with Gasteiger partial charge in [0, 0.05) is 16.5 Å². The number of fused-ring (bicyclic) bond motifs is 3. The van der Waals surface area contributed by atoms with E-state index in [0.717, 1.165) is 22.0 Å². The molecule has 0 unspecified atom stereocenters. The van der Waals surface area contributed by atoms with Crippen molar-refractivity contribution in [2.75, 3.05) is 0 Å². The van der Waals surface area contributed by atoms with Gasteiger partial charge in [-0.05, 0) is 30.3 Å². The molecule has 0 saturated heterocycles. The minimum Gasteiger partial charge on any atom is -0.275 e. The van der Waals surface area contributed by atoms with E-state index in [1.165, 1.54) is 0 Å².